The molecule has 1 fully saturated rings. The van der Waals surface area contributed by atoms with Crippen molar-refractivity contribution in [3.05, 3.63) is 35.8 Å². The molecule has 2 aromatic heterocycles. The second-order valence-electron chi connectivity index (χ2n) is 13.0. The molecule has 0 aliphatic carbocycles. The first-order chi connectivity index (χ1) is 17.7. The van der Waals surface area contributed by atoms with Crippen molar-refractivity contribution in [3.63, 3.8) is 0 Å². The number of pyridine rings is 2. The van der Waals surface area contributed by atoms with E-state index in [0.29, 0.717) is 5.92 Å². The molecule has 3 rings (SSSR count). The van der Waals surface area contributed by atoms with E-state index in [1.54, 1.807) is 0 Å². The van der Waals surface area contributed by atoms with E-state index in [4.69, 9.17) is 14.5 Å². The number of aromatic nitrogens is 2. The van der Waals surface area contributed by atoms with Crippen LogP contribution >= 0.6 is 0 Å². The molecule has 0 unspecified atom stereocenters. The number of carbonyl (C=O) groups excluding carboxylic acids is 1. The van der Waals surface area contributed by atoms with E-state index in [0.717, 1.165) is 66.4 Å². The normalized spacial score (nSPS) is 16.6. The van der Waals surface area contributed by atoms with E-state index in [1.807, 2.05) is 60.0 Å². The van der Waals surface area contributed by atoms with E-state index in [-0.39, 0.29) is 18.9 Å². The standard InChI is InChI=1S/C31H48N4O3.H2/c1-20(2)17-33-25-12-11-23(18-34-25)24-19-32-22(5)26(27(24)35-15-13-31(9,10)14-16-35)28(38-30(6,7)8)29(36)37-21(3)4;/h11-12,18-21,28H,13-17H2,1-10H3,(H,33,34);1H/t28-;/m0./s1. The third kappa shape index (κ3) is 7.92. The first kappa shape index (κ1) is 29.9. The van der Waals surface area contributed by atoms with Crippen molar-refractivity contribution in [2.75, 3.05) is 29.9 Å². The first-order valence-electron chi connectivity index (χ1n) is 14.0. The summed E-state index contributed by atoms with van der Waals surface area (Å²) in [4.78, 5) is 25.4. The van der Waals surface area contributed by atoms with Gasteiger partial charge in [-0.15, -0.1) is 0 Å². The Morgan fingerprint density at radius 1 is 1.11 bits per heavy atom. The second-order valence-corrected chi connectivity index (χ2v) is 13.0. The molecule has 1 aliphatic heterocycles. The molecule has 0 aromatic carbocycles. The molecular formula is C31H50N4O3. The Balaban J connectivity index is 0.00000533. The number of nitrogens with one attached hydrogen (secondary N) is 1. The van der Waals surface area contributed by atoms with Crippen LogP contribution in [0.2, 0.25) is 0 Å². The van der Waals surface area contributed by atoms with Gasteiger partial charge in [-0.25, -0.2) is 9.78 Å². The molecular weight excluding hydrogens is 476 g/mol. The lowest BCUT2D eigenvalue weighted by Gasteiger charge is -2.41. The van der Waals surface area contributed by atoms with Crippen molar-refractivity contribution in [1.82, 2.24) is 9.97 Å². The molecule has 3 heterocycles. The fourth-order valence-electron chi connectivity index (χ4n) is 4.65. The Bertz CT molecular complexity index is 1080. The zero-order valence-electron chi connectivity index (χ0n) is 25.1. The summed E-state index contributed by atoms with van der Waals surface area (Å²) in [6, 6.07) is 4.09. The Morgan fingerprint density at radius 3 is 2.29 bits per heavy atom. The fraction of sp³-hybridized carbons (Fsp3) is 0.645. The summed E-state index contributed by atoms with van der Waals surface area (Å²) in [6.45, 7) is 23.2. The molecule has 7 nitrogen and oxygen atoms in total. The van der Waals surface area contributed by atoms with E-state index in [9.17, 15) is 4.79 Å². The average Bonchev–Trinajstić information content (AvgIpc) is 2.81. The Hall–Kier alpha value is -2.67. The molecule has 0 radical (unpaired) electrons. The number of piperidine rings is 1. The molecule has 1 N–H and O–H groups in total. The maximum atomic E-state index is 13.5. The van der Waals surface area contributed by atoms with Crippen molar-refractivity contribution >= 4 is 17.5 Å². The number of rotatable bonds is 9. The highest BCUT2D eigenvalue weighted by Crippen LogP contribution is 2.43. The molecule has 0 bridgehead atoms. The third-order valence-electron chi connectivity index (χ3n) is 6.79. The van der Waals surface area contributed by atoms with Gasteiger partial charge in [0.15, 0.2) is 6.10 Å². The minimum atomic E-state index is -0.894. The summed E-state index contributed by atoms with van der Waals surface area (Å²) in [5.74, 6) is 0.987. The summed E-state index contributed by atoms with van der Waals surface area (Å²) >= 11 is 0. The van der Waals surface area contributed by atoms with Gasteiger partial charge < -0.3 is 19.7 Å². The van der Waals surface area contributed by atoms with Crippen LogP contribution in [-0.4, -0.2) is 47.3 Å². The molecule has 212 valence electrons. The van der Waals surface area contributed by atoms with Gasteiger partial charge in [-0.1, -0.05) is 27.7 Å². The van der Waals surface area contributed by atoms with Crippen LogP contribution in [0.25, 0.3) is 11.1 Å². The molecule has 1 aliphatic rings. The van der Waals surface area contributed by atoms with Gasteiger partial charge in [0.1, 0.15) is 5.82 Å². The number of esters is 1. The highest BCUT2D eigenvalue weighted by molar-refractivity contribution is 5.87. The average molecular weight is 527 g/mol. The zero-order valence-corrected chi connectivity index (χ0v) is 25.1. The van der Waals surface area contributed by atoms with Crippen LogP contribution < -0.4 is 10.2 Å². The van der Waals surface area contributed by atoms with Crippen LogP contribution in [0, 0.1) is 18.3 Å². The van der Waals surface area contributed by atoms with Gasteiger partial charge in [-0.05, 0) is 77.8 Å². The van der Waals surface area contributed by atoms with Crippen LogP contribution in [0.1, 0.15) is 93.9 Å². The maximum Gasteiger partial charge on any atom is 0.340 e. The van der Waals surface area contributed by atoms with Gasteiger partial charge in [0.25, 0.3) is 0 Å². The Labute approximate surface area is 231 Å². The Morgan fingerprint density at radius 2 is 1.76 bits per heavy atom. The Kier molecular flexibility index (Phi) is 9.45. The van der Waals surface area contributed by atoms with Crippen LogP contribution in [-0.2, 0) is 14.3 Å². The first-order valence-corrected chi connectivity index (χ1v) is 14.0. The summed E-state index contributed by atoms with van der Waals surface area (Å²) in [6.07, 6.45) is 4.78. The van der Waals surface area contributed by atoms with E-state index >= 15 is 0 Å². The fourth-order valence-corrected chi connectivity index (χ4v) is 4.65. The van der Waals surface area contributed by atoms with Gasteiger partial charge in [0.2, 0.25) is 0 Å². The number of ether oxygens (including phenoxy) is 2. The number of nitrogens with zero attached hydrogens (tertiary/aromatic N) is 3. The summed E-state index contributed by atoms with van der Waals surface area (Å²) < 4.78 is 12.2. The lowest BCUT2D eigenvalue weighted by molar-refractivity contribution is -0.171. The van der Waals surface area contributed by atoms with Crippen LogP contribution in [0.3, 0.4) is 0 Å². The monoisotopic (exact) mass is 526 g/mol. The highest BCUT2D eigenvalue weighted by Gasteiger charge is 2.37. The largest absolute Gasteiger partial charge is 0.461 e. The highest BCUT2D eigenvalue weighted by atomic mass is 16.6. The quantitative estimate of drug-likeness (QED) is 0.346. The molecule has 7 heteroatoms. The molecule has 1 atom stereocenters. The third-order valence-corrected chi connectivity index (χ3v) is 6.79. The van der Waals surface area contributed by atoms with Crippen LogP contribution in [0.15, 0.2) is 24.5 Å². The molecule has 0 saturated carbocycles. The lowest BCUT2D eigenvalue weighted by atomic mass is 9.82. The van der Waals surface area contributed by atoms with Crippen molar-refractivity contribution in [1.29, 1.82) is 0 Å². The minimum absolute atomic E-state index is 0. The van der Waals surface area contributed by atoms with Gasteiger partial charge >= 0.3 is 5.97 Å². The molecule has 2 aromatic rings. The number of hydrogen-bond donors (Lipinski definition) is 1. The lowest BCUT2D eigenvalue weighted by Crippen LogP contribution is -2.39. The van der Waals surface area contributed by atoms with Crippen molar-refractivity contribution < 1.29 is 15.7 Å². The maximum absolute atomic E-state index is 13.5. The van der Waals surface area contributed by atoms with Crippen molar-refractivity contribution in [3.8, 4) is 11.1 Å². The smallest absolute Gasteiger partial charge is 0.340 e. The number of hydrogen-bond acceptors (Lipinski definition) is 7. The molecule has 38 heavy (non-hydrogen) atoms. The SMILES string of the molecule is Cc1ncc(-c2ccc(NCC(C)C)nc2)c(N2CCC(C)(C)CC2)c1[C@H](OC(C)(C)C)C(=O)OC(C)C.[HH]. The van der Waals surface area contributed by atoms with Crippen LogP contribution in [0.5, 0.6) is 0 Å². The van der Waals surface area contributed by atoms with Gasteiger partial charge in [-0.2, -0.15) is 0 Å². The van der Waals surface area contributed by atoms with E-state index in [1.165, 1.54) is 0 Å². The number of anilines is 2. The predicted molar refractivity (Wildman–Crippen MR) is 158 cm³/mol. The van der Waals surface area contributed by atoms with Gasteiger partial charge in [0.05, 0.1) is 17.4 Å². The van der Waals surface area contributed by atoms with E-state index < -0.39 is 11.7 Å². The number of carbonyl (C=O) groups is 1. The number of aryl methyl sites for hydroxylation is 1. The van der Waals surface area contributed by atoms with Gasteiger partial charge in [-0.3, -0.25) is 4.98 Å². The summed E-state index contributed by atoms with van der Waals surface area (Å²) in [5, 5.41) is 3.39. The van der Waals surface area contributed by atoms with Crippen molar-refractivity contribution in [2.24, 2.45) is 11.3 Å². The minimum Gasteiger partial charge on any atom is -0.461 e. The van der Waals surface area contributed by atoms with Crippen LogP contribution in [0.4, 0.5) is 11.5 Å². The van der Waals surface area contributed by atoms with E-state index in [2.05, 4.69) is 49.0 Å². The van der Waals surface area contributed by atoms with Gasteiger partial charge in [0, 0.05) is 55.8 Å². The molecule has 1 saturated heterocycles. The predicted octanol–water partition coefficient (Wildman–Crippen LogP) is 7.20. The second kappa shape index (κ2) is 12.0. The summed E-state index contributed by atoms with van der Waals surface area (Å²) in [5.41, 5.74) is 4.18. The zero-order chi connectivity index (χ0) is 28.3. The molecule has 0 spiro atoms. The summed E-state index contributed by atoms with van der Waals surface area (Å²) in [7, 11) is 0. The molecule has 0 amide bonds. The topological polar surface area (TPSA) is 76.6 Å². The van der Waals surface area contributed by atoms with Crippen molar-refractivity contribution in [2.45, 2.75) is 99.9 Å².